The molecule has 0 aromatic heterocycles. The number of hydrogen-bond donors (Lipinski definition) is 2. The lowest BCUT2D eigenvalue weighted by Gasteiger charge is -1.25. The van der Waals surface area contributed by atoms with Gasteiger partial charge < -0.3 is 10.8 Å². The first kappa shape index (κ1) is 8.87. The number of nitrogens with zero attached hydrogens (tertiary/aromatic N) is 1. The summed E-state index contributed by atoms with van der Waals surface area (Å²) in [7, 11) is 1.50. The van der Waals surface area contributed by atoms with Gasteiger partial charge in [-0.1, -0.05) is 0 Å². The lowest BCUT2D eigenvalue weighted by Crippen LogP contribution is -1.69. The van der Waals surface area contributed by atoms with E-state index in [4.69, 9.17) is 10.4 Å². The predicted molar refractivity (Wildman–Crippen MR) is 17.7 cm³/mol. The van der Waals surface area contributed by atoms with E-state index in [0.717, 1.165) is 6.26 Å². The summed E-state index contributed by atoms with van der Waals surface area (Å²) in [6.45, 7) is 0. The van der Waals surface area contributed by atoms with Crippen LogP contribution in [0.2, 0.25) is 0 Å². The number of aliphatic hydroxyl groups is 1. The van der Waals surface area contributed by atoms with Crippen LogP contribution >= 0.6 is 0 Å². The number of rotatable bonds is 0. The quantitative estimate of drug-likeness (QED) is 0.377. The summed E-state index contributed by atoms with van der Waals surface area (Å²) in [5.74, 6) is 0. The highest BCUT2D eigenvalue weighted by Gasteiger charge is 1.16. The molecule has 0 aromatic carbocycles. The van der Waals surface area contributed by atoms with Crippen LogP contribution in [0.15, 0.2) is 0 Å². The third kappa shape index (κ3) is 9.03. The zero-order valence-electron chi connectivity index (χ0n) is 2.97. The molecule has 0 amide bonds. The van der Waals surface area contributed by atoms with Crippen LogP contribution in [0.1, 0.15) is 0 Å². The van der Waals surface area contributed by atoms with Crippen molar-refractivity contribution >= 4 is 0 Å². The highest BCUT2D eigenvalue weighted by molar-refractivity contribution is 4.30. The summed E-state index contributed by atoms with van der Waals surface area (Å²) in [6.07, 6.45) is 0.750. The largest absolute Gasteiger partial charge is 0.443 e. The van der Waals surface area contributed by atoms with E-state index in [1.165, 1.54) is 7.05 Å². The molecule has 3 N–H and O–H groups in total. The maximum Gasteiger partial charge on any atom is 0.283 e. The normalized spacial score (nSPS) is 2.60. The van der Waals surface area contributed by atoms with E-state index in [1.54, 1.807) is 0 Å². The molecule has 0 spiro atoms. The van der Waals surface area contributed by atoms with E-state index in [-0.39, 0.29) is 0 Å². The van der Waals surface area contributed by atoms with Crippen molar-refractivity contribution in [2.45, 2.75) is 0 Å². The van der Waals surface area contributed by atoms with Crippen molar-refractivity contribution in [3.05, 3.63) is 0 Å². The second-order valence-corrected chi connectivity index (χ2v) is 0.100. The van der Waals surface area contributed by atoms with E-state index in [9.17, 15) is 0 Å². The van der Waals surface area contributed by atoms with E-state index in [0.29, 0.717) is 0 Å². The van der Waals surface area contributed by atoms with E-state index in [2.05, 4.69) is 5.73 Å². The topological polar surface area (TPSA) is 70.0 Å². The summed E-state index contributed by atoms with van der Waals surface area (Å²) >= 11 is 0. The molecule has 0 saturated heterocycles. The fraction of sp³-hybridized carbons (Fsp3) is 0.500. The Hall–Kier alpha value is -0.750. The SMILES string of the molecule is CN.N#CO. The Morgan fingerprint density at radius 2 is 1.80 bits per heavy atom. The second kappa shape index (κ2) is 263. The average Bonchev–Trinajstić information content (AvgIpc) is 1.46. The van der Waals surface area contributed by atoms with Crippen LogP contribution in [0.3, 0.4) is 0 Å². The molecule has 0 saturated carbocycles. The Bertz CT molecular complexity index is 29.1. The van der Waals surface area contributed by atoms with Gasteiger partial charge in [0.15, 0.2) is 0 Å². The molecule has 0 radical (unpaired) electrons. The van der Waals surface area contributed by atoms with Gasteiger partial charge in [-0.15, -0.1) is 0 Å². The van der Waals surface area contributed by atoms with Gasteiger partial charge in [0.25, 0.3) is 6.26 Å². The molecule has 5 heavy (non-hydrogen) atoms. The fourth-order valence-electron chi connectivity index (χ4n) is 0. The van der Waals surface area contributed by atoms with Crippen LogP contribution in [0.5, 0.6) is 0 Å². The van der Waals surface area contributed by atoms with Gasteiger partial charge >= 0.3 is 0 Å². The molecule has 0 heterocycles. The first-order chi connectivity index (χ1) is 2.41. The number of nitrogens with two attached hydrogens (primary N) is 1. The number of nitriles is 1. The van der Waals surface area contributed by atoms with E-state index >= 15 is 0 Å². The van der Waals surface area contributed by atoms with Crippen molar-refractivity contribution in [1.82, 2.24) is 0 Å². The number of aliphatic hydroxyl groups excluding tert-OH is 1. The summed E-state index contributed by atoms with van der Waals surface area (Å²) in [6, 6.07) is 0. The standard InChI is InChI=1S/CHNO.CH5N/c2-1-3;1-2/h3H;2H2,1H3. The van der Waals surface area contributed by atoms with Gasteiger partial charge in [0.05, 0.1) is 0 Å². The maximum absolute atomic E-state index is 6.88. The molecule has 0 unspecified atom stereocenters. The Balaban J connectivity index is 0. The van der Waals surface area contributed by atoms with Crippen molar-refractivity contribution in [2.75, 3.05) is 7.05 Å². The fourth-order valence-corrected chi connectivity index (χ4v) is 0. The van der Waals surface area contributed by atoms with Gasteiger partial charge in [-0.25, -0.2) is 0 Å². The van der Waals surface area contributed by atoms with Crippen molar-refractivity contribution < 1.29 is 5.11 Å². The zero-order chi connectivity index (χ0) is 4.71. The molecular weight excluding hydrogens is 68.0 g/mol. The first-order valence-corrected chi connectivity index (χ1v) is 1.02. The predicted octanol–water partition coefficient (Wildman–Crippen LogP) is -0.585. The van der Waals surface area contributed by atoms with Crippen LogP contribution in [0, 0.1) is 11.5 Å². The molecule has 0 aromatic rings. The number of hydrogen-bond acceptors (Lipinski definition) is 3. The molecule has 0 aliphatic carbocycles. The lowest BCUT2D eigenvalue weighted by atomic mass is 11.6. The summed E-state index contributed by atoms with van der Waals surface area (Å²) < 4.78 is 0. The summed E-state index contributed by atoms with van der Waals surface area (Å²) in [5.41, 5.74) is 4.50. The molecule has 3 nitrogen and oxygen atoms in total. The zero-order valence-corrected chi connectivity index (χ0v) is 2.97. The molecule has 30 valence electrons. The van der Waals surface area contributed by atoms with Crippen molar-refractivity contribution in [3.8, 4) is 6.26 Å². The second-order valence-electron chi connectivity index (χ2n) is 0.100. The highest BCUT2D eigenvalue weighted by atomic mass is 16.2. The van der Waals surface area contributed by atoms with Crippen LogP contribution in [0.4, 0.5) is 0 Å². The average molecular weight is 74.1 g/mol. The molecule has 0 fully saturated rings. The lowest BCUT2D eigenvalue weighted by molar-refractivity contribution is 0.503. The molecule has 0 rings (SSSR count). The molecule has 0 atom stereocenters. The minimum atomic E-state index is 0.750. The molecule has 0 aliphatic heterocycles. The van der Waals surface area contributed by atoms with E-state index in [1.807, 2.05) is 0 Å². The van der Waals surface area contributed by atoms with Crippen LogP contribution in [-0.2, 0) is 0 Å². The Kier molecular flexibility index (Phi) is 467. The van der Waals surface area contributed by atoms with Crippen LogP contribution < -0.4 is 5.73 Å². The minimum absolute atomic E-state index is 0.750. The summed E-state index contributed by atoms with van der Waals surface area (Å²) in [5, 5.41) is 13.8. The molecule has 0 bridgehead atoms. The third-order valence-electron chi connectivity index (χ3n) is 0. The van der Waals surface area contributed by atoms with Gasteiger partial charge in [-0.3, -0.25) is 0 Å². The molecule has 3 heteroatoms. The van der Waals surface area contributed by atoms with Crippen molar-refractivity contribution in [1.29, 1.82) is 5.26 Å². The third-order valence-corrected chi connectivity index (χ3v) is 0. The van der Waals surface area contributed by atoms with Crippen molar-refractivity contribution in [2.24, 2.45) is 5.73 Å². The summed E-state index contributed by atoms with van der Waals surface area (Å²) in [4.78, 5) is 0. The minimum Gasteiger partial charge on any atom is -0.443 e. The van der Waals surface area contributed by atoms with Gasteiger partial charge in [0, 0.05) is 0 Å². The highest BCUT2D eigenvalue weighted by Crippen LogP contribution is 1.06. The van der Waals surface area contributed by atoms with Crippen LogP contribution in [-0.4, -0.2) is 12.2 Å². The molecule has 0 aliphatic rings. The molecular formula is C2H6N2O. The van der Waals surface area contributed by atoms with Crippen LogP contribution in [0.25, 0.3) is 0 Å². The Labute approximate surface area is 30.6 Å². The maximum atomic E-state index is 6.88. The smallest absolute Gasteiger partial charge is 0.283 e. The Morgan fingerprint density at radius 3 is 1.80 bits per heavy atom. The van der Waals surface area contributed by atoms with E-state index < -0.39 is 0 Å². The Morgan fingerprint density at radius 1 is 1.80 bits per heavy atom. The van der Waals surface area contributed by atoms with Gasteiger partial charge in [-0.05, 0) is 7.05 Å². The van der Waals surface area contributed by atoms with Gasteiger partial charge in [0.1, 0.15) is 0 Å². The van der Waals surface area contributed by atoms with Gasteiger partial charge in [0.2, 0.25) is 0 Å². The van der Waals surface area contributed by atoms with Crippen molar-refractivity contribution in [3.63, 3.8) is 0 Å². The monoisotopic (exact) mass is 74.0 g/mol. The first-order valence-electron chi connectivity index (χ1n) is 1.02. The van der Waals surface area contributed by atoms with Gasteiger partial charge in [-0.2, -0.15) is 5.26 Å².